The first-order chi connectivity index (χ1) is 9.66. The fraction of sp³-hybridized carbons (Fsp3) is 0.267. The van der Waals surface area contributed by atoms with E-state index in [0.717, 1.165) is 18.6 Å². The van der Waals surface area contributed by atoms with Crippen LogP contribution in [0.1, 0.15) is 22.8 Å². The molecule has 0 saturated heterocycles. The second kappa shape index (κ2) is 5.02. The summed E-state index contributed by atoms with van der Waals surface area (Å²) in [5, 5.41) is 0. The number of allylic oxidation sites excluding steroid dienone is 4. The van der Waals surface area contributed by atoms with E-state index in [0.29, 0.717) is 6.08 Å². The average molecular weight is 300 g/mol. The van der Waals surface area contributed by atoms with Crippen LogP contribution in [0, 0.1) is 6.92 Å². The molecule has 0 spiro atoms. The minimum Gasteiger partial charge on any atom is -0.421 e. The monoisotopic (exact) mass is 300 g/mol. The van der Waals surface area contributed by atoms with Crippen LogP contribution in [0.4, 0.5) is 17.6 Å². The Morgan fingerprint density at radius 2 is 1.52 bits per heavy atom. The van der Waals surface area contributed by atoms with Crippen molar-refractivity contribution < 1.29 is 27.1 Å². The first-order valence-corrected chi connectivity index (χ1v) is 6.10. The van der Waals surface area contributed by atoms with Gasteiger partial charge in [-0.2, -0.15) is 17.6 Å². The van der Waals surface area contributed by atoms with Crippen LogP contribution >= 0.6 is 0 Å². The van der Waals surface area contributed by atoms with E-state index in [2.05, 4.69) is 4.74 Å². The number of esters is 1. The molecule has 0 fully saturated rings. The highest BCUT2D eigenvalue weighted by molar-refractivity contribution is 5.90. The third-order valence-electron chi connectivity index (χ3n) is 3.17. The molecule has 1 aromatic rings. The summed E-state index contributed by atoms with van der Waals surface area (Å²) < 4.78 is 58.8. The van der Waals surface area contributed by atoms with Crippen LogP contribution in [-0.4, -0.2) is 17.8 Å². The van der Waals surface area contributed by atoms with Crippen molar-refractivity contribution in [3.8, 4) is 0 Å². The highest BCUT2D eigenvalue weighted by atomic mass is 19.3. The number of ether oxygens (including phenoxy) is 1. The highest BCUT2D eigenvalue weighted by Gasteiger charge is 2.62. The fourth-order valence-electron chi connectivity index (χ4n) is 1.76. The van der Waals surface area contributed by atoms with E-state index >= 15 is 0 Å². The summed E-state index contributed by atoms with van der Waals surface area (Å²) in [6.45, 7) is 2.67. The van der Waals surface area contributed by atoms with Crippen molar-refractivity contribution in [2.45, 2.75) is 25.7 Å². The van der Waals surface area contributed by atoms with E-state index < -0.39 is 29.1 Å². The molecule has 0 N–H and O–H groups in total. The predicted octanol–water partition coefficient (Wildman–Crippen LogP) is 4.27. The zero-order valence-corrected chi connectivity index (χ0v) is 11.3. The lowest BCUT2D eigenvalue weighted by molar-refractivity contribution is -0.180. The molecule has 6 heteroatoms. The second-order valence-corrected chi connectivity index (χ2v) is 4.78. The van der Waals surface area contributed by atoms with Crippen molar-refractivity contribution in [3.05, 3.63) is 58.9 Å². The Labute approximate surface area is 118 Å². The van der Waals surface area contributed by atoms with Crippen molar-refractivity contribution >= 4 is 5.97 Å². The lowest BCUT2D eigenvalue weighted by Gasteiger charge is -2.30. The molecule has 1 aliphatic rings. The Kier molecular flexibility index (Phi) is 3.65. The van der Waals surface area contributed by atoms with Crippen LogP contribution in [0.3, 0.4) is 0 Å². The van der Waals surface area contributed by atoms with Crippen LogP contribution in [0.25, 0.3) is 0 Å². The standard InChI is InChI=1S/C15H12F4O2/c1-9-3-6-11(7-4-9)13(20)21-12-8-5-10(2)14(16,17)15(12,18)19/h3-8H,1-2H3. The Morgan fingerprint density at radius 1 is 0.952 bits per heavy atom. The van der Waals surface area contributed by atoms with Crippen LogP contribution < -0.4 is 0 Å². The summed E-state index contributed by atoms with van der Waals surface area (Å²) in [7, 11) is 0. The molecule has 0 unspecified atom stereocenters. The molecule has 0 atom stereocenters. The summed E-state index contributed by atoms with van der Waals surface area (Å²) in [6.07, 6.45) is 1.51. The molecule has 0 heterocycles. The van der Waals surface area contributed by atoms with Crippen LogP contribution in [-0.2, 0) is 4.74 Å². The number of alkyl halides is 4. The van der Waals surface area contributed by atoms with Crippen LogP contribution in [0.15, 0.2) is 47.7 Å². The van der Waals surface area contributed by atoms with Crippen molar-refractivity contribution in [1.82, 2.24) is 0 Å². The number of hydrogen-bond acceptors (Lipinski definition) is 2. The summed E-state index contributed by atoms with van der Waals surface area (Å²) in [5.74, 6) is -11.4. The van der Waals surface area contributed by atoms with Crippen molar-refractivity contribution in [1.29, 1.82) is 0 Å². The van der Waals surface area contributed by atoms with Gasteiger partial charge in [-0.15, -0.1) is 0 Å². The van der Waals surface area contributed by atoms with Gasteiger partial charge in [0.25, 0.3) is 0 Å². The maximum atomic E-state index is 13.7. The third-order valence-corrected chi connectivity index (χ3v) is 3.17. The molecule has 0 aromatic heterocycles. The maximum Gasteiger partial charge on any atom is 0.370 e. The molecule has 1 aliphatic carbocycles. The number of halogens is 4. The fourth-order valence-corrected chi connectivity index (χ4v) is 1.76. The van der Waals surface area contributed by atoms with Gasteiger partial charge in [0.2, 0.25) is 0 Å². The van der Waals surface area contributed by atoms with Gasteiger partial charge >= 0.3 is 17.8 Å². The van der Waals surface area contributed by atoms with Crippen molar-refractivity contribution in [2.24, 2.45) is 0 Å². The lowest BCUT2D eigenvalue weighted by Crippen LogP contribution is -2.45. The molecule has 0 bridgehead atoms. The van der Waals surface area contributed by atoms with Gasteiger partial charge in [0.1, 0.15) is 0 Å². The third kappa shape index (κ3) is 2.57. The van der Waals surface area contributed by atoms with Crippen LogP contribution in [0.5, 0.6) is 0 Å². The van der Waals surface area contributed by atoms with E-state index in [-0.39, 0.29) is 5.56 Å². The van der Waals surface area contributed by atoms with Gasteiger partial charge in [-0.1, -0.05) is 23.8 Å². The van der Waals surface area contributed by atoms with Gasteiger partial charge in [-0.05, 0) is 32.1 Å². The number of aryl methyl sites for hydroxylation is 1. The maximum absolute atomic E-state index is 13.7. The normalized spacial score (nSPS) is 19.5. The smallest absolute Gasteiger partial charge is 0.370 e. The SMILES string of the molecule is CC1=CC=C(OC(=O)c2ccc(C)cc2)C(F)(F)C1(F)F. The minimum atomic E-state index is -4.56. The zero-order valence-electron chi connectivity index (χ0n) is 11.3. The molecule has 2 nitrogen and oxygen atoms in total. The van der Waals surface area contributed by atoms with E-state index in [9.17, 15) is 22.4 Å². The van der Waals surface area contributed by atoms with E-state index in [1.165, 1.54) is 12.1 Å². The number of benzene rings is 1. The van der Waals surface area contributed by atoms with E-state index in [4.69, 9.17) is 0 Å². The quantitative estimate of drug-likeness (QED) is 0.602. The summed E-state index contributed by atoms with van der Waals surface area (Å²) in [5.41, 5.74) is 0.0772. The van der Waals surface area contributed by atoms with Gasteiger partial charge in [0, 0.05) is 5.57 Å². The molecular formula is C15H12F4O2. The van der Waals surface area contributed by atoms with Gasteiger partial charge in [0.05, 0.1) is 5.56 Å². The molecule has 21 heavy (non-hydrogen) atoms. The molecule has 0 amide bonds. The lowest BCUT2D eigenvalue weighted by atomic mass is 9.96. The first kappa shape index (κ1) is 15.3. The zero-order chi connectivity index (χ0) is 15.8. The number of rotatable bonds is 2. The molecule has 1 aromatic carbocycles. The Balaban J connectivity index is 2.27. The first-order valence-electron chi connectivity index (χ1n) is 6.10. The number of hydrogen-bond donors (Lipinski definition) is 0. The predicted molar refractivity (Wildman–Crippen MR) is 68.3 cm³/mol. The van der Waals surface area contributed by atoms with Crippen molar-refractivity contribution in [3.63, 3.8) is 0 Å². The van der Waals surface area contributed by atoms with Gasteiger partial charge in [-0.3, -0.25) is 0 Å². The molecule has 112 valence electrons. The summed E-state index contributed by atoms with van der Waals surface area (Å²) in [6, 6.07) is 5.92. The summed E-state index contributed by atoms with van der Waals surface area (Å²) in [4.78, 5) is 11.7. The van der Waals surface area contributed by atoms with Gasteiger partial charge < -0.3 is 4.74 Å². The molecule has 2 rings (SSSR count). The summed E-state index contributed by atoms with van der Waals surface area (Å²) >= 11 is 0. The Morgan fingerprint density at radius 3 is 2.10 bits per heavy atom. The Bertz CT molecular complexity index is 628. The van der Waals surface area contributed by atoms with Gasteiger partial charge in [-0.25, -0.2) is 4.79 Å². The average Bonchev–Trinajstić information content (AvgIpc) is 2.41. The van der Waals surface area contributed by atoms with E-state index in [1.807, 2.05) is 0 Å². The molecule has 0 aliphatic heterocycles. The highest BCUT2D eigenvalue weighted by Crippen LogP contribution is 2.47. The van der Waals surface area contributed by atoms with Crippen molar-refractivity contribution in [2.75, 3.05) is 0 Å². The molecule has 0 radical (unpaired) electrons. The molecule has 0 saturated carbocycles. The second-order valence-electron chi connectivity index (χ2n) is 4.78. The largest absolute Gasteiger partial charge is 0.421 e. The number of carbonyl (C=O) groups excluding carboxylic acids is 1. The minimum absolute atomic E-state index is 0.00638. The van der Waals surface area contributed by atoms with E-state index in [1.54, 1.807) is 19.1 Å². The van der Waals surface area contributed by atoms with Gasteiger partial charge in [0.15, 0.2) is 5.76 Å². The molecular weight excluding hydrogens is 288 g/mol. The number of carbonyl (C=O) groups is 1. The topological polar surface area (TPSA) is 26.3 Å². The van der Waals surface area contributed by atoms with Crippen LogP contribution in [0.2, 0.25) is 0 Å². The Hall–Kier alpha value is -2.11.